The molecule has 4 rings (SSSR count). The number of anilines is 1. The highest BCUT2D eigenvalue weighted by molar-refractivity contribution is 7.90. The number of benzene rings is 2. The summed E-state index contributed by atoms with van der Waals surface area (Å²) in [5.41, 5.74) is 2.93. The number of rotatable bonds is 6. The first-order chi connectivity index (χ1) is 14.0. The molecular formula is C22H26N4O2S. The zero-order chi connectivity index (χ0) is 20.3. The quantitative estimate of drug-likeness (QED) is 0.673. The fraction of sp³-hybridized carbons (Fsp3) is 0.364. The summed E-state index contributed by atoms with van der Waals surface area (Å²) in [6.07, 6.45) is 3.18. The highest BCUT2D eigenvalue weighted by Crippen LogP contribution is 2.27. The predicted octanol–water partition coefficient (Wildman–Crippen LogP) is 3.22. The summed E-state index contributed by atoms with van der Waals surface area (Å²) >= 11 is 0. The Balaban J connectivity index is 1.49. The first-order valence-corrected chi connectivity index (χ1v) is 12.0. The number of nitrogens with one attached hydrogen (secondary N) is 1. The van der Waals surface area contributed by atoms with E-state index in [-0.39, 0.29) is 11.8 Å². The molecule has 3 aromatic rings. The van der Waals surface area contributed by atoms with Crippen LogP contribution in [0, 0.1) is 0 Å². The molecule has 0 saturated carbocycles. The Morgan fingerprint density at radius 2 is 1.69 bits per heavy atom. The van der Waals surface area contributed by atoms with Gasteiger partial charge < -0.3 is 10.2 Å². The molecule has 0 spiro atoms. The van der Waals surface area contributed by atoms with Gasteiger partial charge in [0.2, 0.25) is 5.95 Å². The Hall–Kier alpha value is -2.51. The molecule has 7 heteroatoms. The SMILES string of the molecule is CS(=O)(=O)CCN1CCC(Nc2nc(-c3ccccc3)c3ccccc3n2)CC1. The minimum absolute atomic E-state index is 0.222. The standard InChI is InChI=1S/C22H26N4O2S/c1-29(27,28)16-15-26-13-11-18(12-14-26)23-22-24-20-10-6-5-9-19(20)21(25-22)17-7-3-2-4-8-17/h2-10,18H,11-16H2,1H3,(H,23,24,25). The van der Waals surface area contributed by atoms with E-state index in [1.165, 1.54) is 6.26 Å². The monoisotopic (exact) mass is 410 g/mol. The molecule has 6 nitrogen and oxygen atoms in total. The van der Waals surface area contributed by atoms with Crippen LogP contribution >= 0.6 is 0 Å². The molecule has 1 saturated heterocycles. The fourth-order valence-electron chi connectivity index (χ4n) is 3.74. The van der Waals surface area contributed by atoms with Gasteiger partial charge in [-0.05, 0) is 18.9 Å². The van der Waals surface area contributed by atoms with E-state index in [9.17, 15) is 8.42 Å². The van der Waals surface area contributed by atoms with Crippen LogP contribution in [0.5, 0.6) is 0 Å². The first kappa shape index (κ1) is 19.8. The molecule has 1 aromatic heterocycles. The summed E-state index contributed by atoms with van der Waals surface area (Å²) in [4.78, 5) is 11.8. The number of piperidine rings is 1. The van der Waals surface area contributed by atoms with Crippen LogP contribution in [0.2, 0.25) is 0 Å². The summed E-state index contributed by atoms with van der Waals surface area (Å²) < 4.78 is 22.8. The maximum Gasteiger partial charge on any atom is 0.224 e. The van der Waals surface area contributed by atoms with Gasteiger partial charge in [0.1, 0.15) is 9.84 Å². The van der Waals surface area contributed by atoms with Crippen molar-refractivity contribution in [1.29, 1.82) is 0 Å². The second-order valence-corrected chi connectivity index (χ2v) is 9.93. The molecule has 0 aliphatic carbocycles. The molecular weight excluding hydrogens is 384 g/mol. The number of hydrogen-bond acceptors (Lipinski definition) is 6. The molecule has 1 aliphatic heterocycles. The summed E-state index contributed by atoms with van der Waals surface area (Å²) in [6.45, 7) is 2.37. The van der Waals surface area contributed by atoms with Gasteiger partial charge >= 0.3 is 0 Å². The van der Waals surface area contributed by atoms with Crippen LogP contribution in [0.1, 0.15) is 12.8 Å². The van der Waals surface area contributed by atoms with Gasteiger partial charge in [-0.3, -0.25) is 0 Å². The first-order valence-electron chi connectivity index (χ1n) is 9.97. The van der Waals surface area contributed by atoms with Crippen molar-refractivity contribution in [2.24, 2.45) is 0 Å². The van der Waals surface area contributed by atoms with E-state index in [0.29, 0.717) is 12.5 Å². The van der Waals surface area contributed by atoms with Gasteiger partial charge in [0.25, 0.3) is 0 Å². The third kappa shape index (κ3) is 5.10. The number of fused-ring (bicyclic) bond motifs is 1. The molecule has 0 radical (unpaired) electrons. The third-order valence-corrected chi connectivity index (χ3v) is 6.27. The Bertz CT molecular complexity index is 1080. The van der Waals surface area contributed by atoms with Gasteiger partial charge in [0, 0.05) is 42.9 Å². The topological polar surface area (TPSA) is 75.2 Å². The van der Waals surface area contributed by atoms with E-state index in [1.807, 2.05) is 36.4 Å². The van der Waals surface area contributed by atoms with Gasteiger partial charge in [0.15, 0.2) is 0 Å². The number of sulfone groups is 1. The molecule has 0 atom stereocenters. The summed E-state index contributed by atoms with van der Waals surface area (Å²) in [6, 6.07) is 18.5. The van der Waals surface area contributed by atoms with E-state index in [1.54, 1.807) is 0 Å². The van der Waals surface area contributed by atoms with Crippen molar-refractivity contribution in [3.05, 3.63) is 54.6 Å². The molecule has 1 aliphatic rings. The summed E-state index contributed by atoms with van der Waals surface area (Å²) in [5.74, 6) is 0.872. The number of likely N-dealkylation sites (tertiary alicyclic amines) is 1. The van der Waals surface area contributed by atoms with Gasteiger partial charge in [0.05, 0.1) is 17.0 Å². The lowest BCUT2D eigenvalue weighted by Gasteiger charge is -2.32. The normalized spacial score (nSPS) is 16.2. The van der Waals surface area contributed by atoms with Crippen LogP contribution in [-0.4, -0.2) is 61.0 Å². The molecule has 0 amide bonds. The van der Waals surface area contributed by atoms with E-state index >= 15 is 0 Å². The van der Waals surface area contributed by atoms with Crippen LogP contribution in [0.15, 0.2) is 54.6 Å². The Kier molecular flexibility index (Phi) is 5.78. The van der Waals surface area contributed by atoms with Gasteiger partial charge in [-0.2, -0.15) is 0 Å². The van der Waals surface area contributed by atoms with Crippen LogP contribution in [-0.2, 0) is 9.84 Å². The van der Waals surface area contributed by atoms with Crippen molar-refractivity contribution in [3.63, 3.8) is 0 Å². The van der Waals surface area contributed by atoms with E-state index in [0.717, 1.165) is 48.1 Å². The minimum atomic E-state index is -2.91. The number of para-hydroxylation sites is 1. The van der Waals surface area contributed by atoms with Crippen molar-refractivity contribution in [1.82, 2.24) is 14.9 Å². The molecule has 1 N–H and O–H groups in total. The lowest BCUT2D eigenvalue weighted by atomic mass is 10.1. The molecule has 2 aromatic carbocycles. The number of nitrogens with zero attached hydrogens (tertiary/aromatic N) is 3. The molecule has 0 bridgehead atoms. The van der Waals surface area contributed by atoms with Gasteiger partial charge in [-0.15, -0.1) is 0 Å². The third-order valence-electron chi connectivity index (χ3n) is 5.35. The maximum absolute atomic E-state index is 11.4. The predicted molar refractivity (Wildman–Crippen MR) is 118 cm³/mol. The fourth-order valence-corrected chi connectivity index (χ4v) is 4.33. The van der Waals surface area contributed by atoms with Gasteiger partial charge in [-0.25, -0.2) is 18.4 Å². The van der Waals surface area contributed by atoms with Crippen molar-refractivity contribution in [3.8, 4) is 11.3 Å². The van der Waals surface area contributed by atoms with Crippen molar-refractivity contribution < 1.29 is 8.42 Å². The van der Waals surface area contributed by atoms with Crippen LogP contribution in [0.3, 0.4) is 0 Å². The second kappa shape index (κ2) is 8.47. The highest BCUT2D eigenvalue weighted by Gasteiger charge is 2.21. The van der Waals surface area contributed by atoms with E-state index < -0.39 is 9.84 Å². The maximum atomic E-state index is 11.4. The summed E-state index contributed by atoms with van der Waals surface area (Å²) in [5, 5.41) is 4.55. The molecule has 1 fully saturated rings. The van der Waals surface area contributed by atoms with Crippen LogP contribution < -0.4 is 5.32 Å². The number of aromatic nitrogens is 2. The zero-order valence-electron chi connectivity index (χ0n) is 16.6. The van der Waals surface area contributed by atoms with Crippen molar-refractivity contribution >= 4 is 26.7 Å². The largest absolute Gasteiger partial charge is 0.351 e. The second-order valence-electron chi connectivity index (χ2n) is 7.67. The highest BCUT2D eigenvalue weighted by atomic mass is 32.2. The molecule has 2 heterocycles. The molecule has 0 unspecified atom stereocenters. The average molecular weight is 411 g/mol. The molecule has 29 heavy (non-hydrogen) atoms. The van der Waals surface area contributed by atoms with Crippen molar-refractivity contribution in [2.75, 3.05) is 37.0 Å². The summed E-state index contributed by atoms with van der Waals surface area (Å²) in [7, 11) is -2.91. The minimum Gasteiger partial charge on any atom is -0.351 e. The zero-order valence-corrected chi connectivity index (χ0v) is 17.4. The average Bonchev–Trinajstić information content (AvgIpc) is 2.73. The lowest BCUT2D eigenvalue weighted by Crippen LogP contribution is -2.41. The Morgan fingerprint density at radius 1 is 1.00 bits per heavy atom. The van der Waals surface area contributed by atoms with E-state index in [2.05, 4.69) is 28.4 Å². The van der Waals surface area contributed by atoms with Crippen LogP contribution in [0.25, 0.3) is 22.2 Å². The smallest absolute Gasteiger partial charge is 0.224 e. The van der Waals surface area contributed by atoms with Gasteiger partial charge in [-0.1, -0.05) is 48.5 Å². The van der Waals surface area contributed by atoms with E-state index in [4.69, 9.17) is 9.97 Å². The lowest BCUT2D eigenvalue weighted by molar-refractivity contribution is 0.230. The van der Waals surface area contributed by atoms with Crippen molar-refractivity contribution in [2.45, 2.75) is 18.9 Å². The Morgan fingerprint density at radius 3 is 2.41 bits per heavy atom. The number of hydrogen-bond donors (Lipinski definition) is 1. The Labute approximate surface area is 171 Å². The molecule has 152 valence electrons. The van der Waals surface area contributed by atoms with Crippen LogP contribution in [0.4, 0.5) is 5.95 Å².